The van der Waals surface area contributed by atoms with Crippen LogP contribution >= 0.6 is 31.9 Å². The van der Waals surface area contributed by atoms with Crippen molar-refractivity contribution in [2.75, 3.05) is 0 Å². The zero-order valence-electron chi connectivity index (χ0n) is 9.21. The number of hydrogen-bond acceptors (Lipinski definition) is 1. The van der Waals surface area contributed by atoms with Crippen molar-refractivity contribution in [3.8, 4) is 11.1 Å². The molecule has 0 saturated carbocycles. The molecule has 0 radical (unpaired) electrons. The summed E-state index contributed by atoms with van der Waals surface area (Å²) < 4.78 is 2.14. The Morgan fingerprint density at radius 3 is 1.94 bits per heavy atom. The van der Waals surface area contributed by atoms with Crippen LogP contribution in [0.5, 0.6) is 0 Å². The van der Waals surface area contributed by atoms with Crippen LogP contribution in [0.1, 0.15) is 15.9 Å². The van der Waals surface area contributed by atoms with Gasteiger partial charge in [-0.05, 0) is 35.7 Å². The maximum atomic E-state index is 10.6. The number of hydrogen-bond donors (Lipinski definition) is 0. The summed E-state index contributed by atoms with van der Waals surface area (Å²) in [5, 5.41) is 0. The van der Waals surface area contributed by atoms with E-state index in [1.54, 1.807) is 0 Å². The molecule has 0 heterocycles. The SMILES string of the molecule is Cc1c(Br)cc(-c2ccc(C=O)cc2)cc1Br. The lowest BCUT2D eigenvalue weighted by Crippen LogP contribution is -1.84. The molecule has 1 nitrogen and oxygen atoms in total. The molecule has 0 N–H and O–H groups in total. The standard InChI is InChI=1S/C14H10Br2O/c1-9-13(15)6-12(7-14(9)16)11-4-2-10(8-17)3-5-11/h2-8H,1H3. The molecule has 2 rings (SSSR count). The molecule has 0 aliphatic heterocycles. The lowest BCUT2D eigenvalue weighted by atomic mass is 10.0. The Hall–Kier alpha value is -0.930. The van der Waals surface area contributed by atoms with Gasteiger partial charge in [-0.25, -0.2) is 0 Å². The van der Waals surface area contributed by atoms with Gasteiger partial charge in [0.2, 0.25) is 0 Å². The second kappa shape index (κ2) is 5.15. The van der Waals surface area contributed by atoms with Gasteiger partial charge < -0.3 is 0 Å². The van der Waals surface area contributed by atoms with Crippen LogP contribution in [0.3, 0.4) is 0 Å². The van der Waals surface area contributed by atoms with Gasteiger partial charge in [0.05, 0.1) is 0 Å². The van der Waals surface area contributed by atoms with Gasteiger partial charge in [-0.2, -0.15) is 0 Å². The smallest absolute Gasteiger partial charge is 0.150 e. The number of aldehydes is 1. The topological polar surface area (TPSA) is 17.1 Å². The van der Waals surface area contributed by atoms with Crippen LogP contribution < -0.4 is 0 Å². The minimum absolute atomic E-state index is 0.694. The highest BCUT2D eigenvalue weighted by atomic mass is 79.9. The van der Waals surface area contributed by atoms with Crippen molar-refractivity contribution in [3.63, 3.8) is 0 Å². The van der Waals surface area contributed by atoms with Crippen molar-refractivity contribution in [1.82, 2.24) is 0 Å². The van der Waals surface area contributed by atoms with Crippen LogP contribution in [-0.2, 0) is 0 Å². The summed E-state index contributed by atoms with van der Waals surface area (Å²) in [6.07, 6.45) is 0.852. The fourth-order valence-corrected chi connectivity index (χ4v) is 2.75. The van der Waals surface area contributed by atoms with Crippen molar-refractivity contribution in [1.29, 1.82) is 0 Å². The maximum Gasteiger partial charge on any atom is 0.150 e. The van der Waals surface area contributed by atoms with Crippen molar-refractivity contribution >= 4 is 38.1 Å². The van der Waals surface area contributed by atoms with Crippen molar-refractivity contribution in [2.24, 2.45) is 0 Å². The summed E-state index contributed by atoms with van der Waals surface area (Å²) in [5.74, 6) is 0. The predicted octanol–water partition coefficient (Wildman–Crippen LogP) is 5.00. The summed E-state index contributed by atoms with van der Waals surface area (Å²) in [4.78, 5) is 10.6. The first kappa shape index (κ1) is 12.5. The molecular formula is C14H10Br2O. The summed E-state index contributed by atoms with van der Waals surface area (Å²) in [6.45, 7) is 2.05. The first-order valence-electron chi connectivity index (χ1n) is 5.13. The average Bonchev–Trinajstić information content (AvgIpc) is 2.35. The van der Waals surface area contributed by atoms with E-state index in [1.165, 1.54) is 5.56 Å². The zero-order valence-corrected chi connectivity index (χ0v) is 12.4. The van der Waals surface area contributed by atoms with Gasteiger partial charge in [0.25, 0.3) is 0 Å². The predicted molar refractivity (Wildman–Crippen MR) is 77.4 cm³/mol. The Bertz CT molecular complexity index is 536. The molecule has 0 spiro atoms. The molecule has 0 fully saturated rings. The second-order valence-electron chi connectivity index (χ2n) is 3.80. The first-order chi connectivity index (χ1) is 8.11. The number of carbonyl (C=O) groups excluding carboxylic acids is 1. The van der Waals surface area contributed by atoms with Gasteiger partial charge in [0.1, 0.15) is 6.29 Å². The Balaban J connectivity index is 2.49. The van der Waals surface area contributed by atoms with Crippen LogP contribution in [0.2, 0.25) is 0 Å². The quantitative estimate of drug-likeness (QED) is 0.694. The molecule has 2 aromatic rings. The fraction of sp³-hybridized carbons (Fsp3) is 0.0714. The van der Waals surface area contributed by atoms with Crippen LogP contribution in [0.4, 0.5) is 0 Å². The van der Waals surface area contributed by atoms with Gasteiger partial charge in [-0.15, -0.1) is 0 Å². The number of halogens is 2. The van der Waals surface area contributed by atoms with E-state index in [4.69, 9.17) is 0 Å². The molecule has 0 aromatic heterocycles. The van der Waals surface area contributed by atoms with E-state index in [0.29, 0.717) is 5.56 Å². The van der Waals surface area contributed by atoms with E-state index in [0.717, 1.165) is 26.4 Å². The van der Waals surface area contributed by atoms with E-state index in [1.807, 2.05) is 31.2 Å². The van der Waals surface area contributed by atoms with E-state index in [-0.39, 0.29) is 0 Å². The maximum absolute atomic E-state index is 10.6. The van der Waals surface area contributed by atoms with Crippen LogP contribution in [0.25, 0.3) is 11.1 Å². The second-order valence-corrected chi connectivity index (χ2v) is 5.51. The number of carbonyl (C=O) groups is 1. The van der Waals surface area contributed by atoms with Gasteiger partial charge in [-0.1, -0.05) is 56.1 Å². The van der Waals surface area contributed by atoms with Crippen molar-refractivity contribution in [2.45, 2.75) is 6.92 Å². The minimum atomic E-state index is 0.694. The van der Waals surface area contributed by atoms with Crippen LogP contribution in [0.15, 0.2) is 45.3 Å². The highest BCUT2D eigenvalue weighted by Crippen LogP contribution is 2.31. The van der Waals surface area contributed by atoms with E-state index >= 15 is 0 Å². The molecule has 17 heavy (non-hydrogen) atoms. The van der Waals surface area contributed by atoms with Gasteiger partial charge in [0, 0.05) is 14.5 Å². The van der Waals surface area contributed by atoms with Crippen molar-refractivity contribution < 1.29 is 4.79 Å². The van der Waals surface area contributed by atoms with Gasteiger partial charge in [-0.3, -0.25) is 4.79 Å². The molecule has 0 aliphatic carbocycles. The Kier molecular flexibility index (Phi) is 3.79. The molecule has 0 saturated heterocycles. The Labute approximate surface area is 117 Å². The van der Waals surface area contributed by atoms with Crippen LogP contribution in [-0.4, -0.2) is 6.29 Å². The average molecular weight is 354 g/mol. The molecular weight excluding hydrogens is 344 g/mol. The lowest BCUT2D eigenvalue weighted by Gasteiger charge is -2.07. The Morgan fingerprint density at radius 1 is 0.941 bits per heavy atom. The number of benzene rings is 2. The normalized spacial score (nSPS) is 10.3. The van der Waals surface area contributed by atoms with E-state index in [2.05, 4.69) is 44.0 Å². The van der Waals surface area contributed by atoms with Gasteiger partial charge >= 0.3 is 0 Å². The molecule has 2 aromatic carbocycles. The molecule has 0 unspecified atom stereocenters. The third-order valence-electron chi connectivity index (χ3n) is 2.66. The fourth-order valence-electron chi connectivity index (χ4n) is 1.57. The van der Waals surface area contributed by atoms with E-state index in [9.17, 15) is 4.79 Å². The largest absolute Gasteiger partial charge is 0.298 e. The number of rotatable bonds is 2. The highest BCUT2D eigenvalue weighted by molar-refractivity contribution is 9.11. The third-order valence-corrected chi connectivity index (χ3v) is 4.31. The molecule has 0 bridgehead atoms. The highest BCUT2D eigenvalue weighted by Gasteiger charge is 2.05. The molecule has 0 atom stereocenters. The third kappa shape index (κ3) is 2.67. The summed E-state index contributed by atoms with van der Waals surface area (Å²) in [6, 6.07) is 11.7. The molecule has 86 valence electrons. The molecule has 0 amide bonds. The minimum Gasteiger partial charge on any atom is -0.298 e. The lowest BCUT2D eigenvalue weighted by molar-refractivity contribution is 0.112. The monoisotopic (exact) mass is 352 g/mol. The molecule has 0 aliphatic rings. The van der Waals surface area contributed by atoms with Crippen molar-refractivity contribution in [3.05, 3.63) is 56.5 Å². The summed E-state index contributed by atoms with van der Waals surface area (Å²) in [5.41, 5.74) is 4.08. The van der Waals surface area contributed by atoms with E-state index < -0.39 is 0 Å². The molecule has 3 heteroatoms. The van der Waals surface area contributed by atoms with Gasteiger partial charge in [0.15, 0.2) is 0 Å². The Morgan fingerprint density at radius 2 is 1.47 bits per heavy atom. The van der Waals surface area contributed by atoms with Crippen LogP contribution in [0, 0.1) is 6.92 Å². The zero-order chi connectivity index (χ0) is 12.4. The first-order valence-corrected chi connectivity index (χ1v) is 6.71. The summed E-state index contributed by atoms with van der Waals surface area (Å²) >= 11 is 7.07. The summed E-state index contributed by atoms with van der Waals surface area (Å²) in [7, 11) is 0.